The summed E-state index contributed by atoms with van der Waals surface area (Å²) in [6.45, 7) is 6.97. The molecule has 1 amide bonds. The molecule has 1 aromatic rings. The second-order valence-corrected chi connectivity index (χ2v) is 5.51. The third-order valence-corrected chi connectivity index (χ3v) is 3.38. The van der Waals surface area contributed by atoms with Crippen LogP contribution in [0.4, 0.5) is 13.2 Å². The van der Waals surface area contributed by atoms with Gasteiger partial charge < -0.3 is 10.6 Å². The molecule has 0 radical (unpaired) electrons. The van der Waals surface area contributed by atoms with Crippen LogP contribution in [0.1, 0.15) is 31.9 Å². The number of carbonyl (C=O) groups is 1. The molecule has 2 N–H and O–H groups in total. The molecule has 3 nitrogen and oxygen atoms in total. The Labute approximate surface area is 129 Å². The molecule has 1 unspecified atom stereocenters. The van der Waals surface area contributed by atoms with Crippen molar-refractivity contribution in [1.29, 1.82) is 0 Å². The van der Waals surface area contributed by atoms with Gasteiger partial charge in [0.1, 0.15) is 0 Å². The molecule has 0 fully saturated rings. The second kappa shape index (κ2) is 8.17. The van der Waals surface area contributed by atoms with Gasteiger partial charge in [0.2, 0.25) is 5.91 Å². The van der Waals surface area contributed by atoms with Gasteiger partial charge in [-0.05, 0) is 31.5 Å². The molecular weight excluding hydrogens is 293 g/mol. The third-order valence-electron chi connectivity index (χ3n) is 3.38. The van der Waals surface area contributed by atoms with Gasteiger partial charge in [0, 0.05) is 18.5 Å². The molecule has 0 aliphatic heterocycles. The van der Waals surface area contributed by atoms with E-state index >= 15 is 0 Å². The molecule has 6 heteroatoms. The SMILES string of the molecule is CCN[C@H](C)CNC(=O)C(C)Cc1cccc(C(F)(F)F)c1. The molecule has 22 heavy (non-hydrogen) atoms. The minimum Gasteiger partial charge on any atom is -0.354 e. The third kappa shape index (κ3) is 6.05. The molecule has 0 aliphatic carbocycles. The maximum Gasteiger partial charge on any atom is 0.416 e. The van der Waals surface area contributed by atoms with E-state index in [4.69, 9.17) is 0 Å². The number of rotatable bonds is 7. The number of alkyl halides is 3. The fourth-order valence-electron chi connectivity index (χ4n) is 2.17. The Hall–Kier alpha value is -1.56. The molecule has 2 atom stereocenters. The molecule has 0 aromatic heterocycles. The van der Waals surface area contributed by atoms with E-state index in [0.717, 1.165) is 18.7 Å². The zero-order chi connectivity index (χ0) is 16.8. The van der Waals surface area contributed by atoms with Crippen LogP contribution in [0.2, 0.25) is 0 Å². The first-order chi connectivity index (χ1) is 10.2. The number of nitrogens with one attached hydrogen (secondary N) is 2. The van der Waals surface area contributed by atoms with Gasteiger partial charge in [-0.2, -0.15) is 13.2 Å². The van der Waals surface area contributed by atoms with Gasteiger partial charge in [-0.3, -0.25) is 4.79 Å². The number of hydrogen-bond acceptors (Lipinski definition) is 2. The molecule has 0 saturated carbocycles. The summed E-state index contributed by atoms with van der Waals surface area (Å²) in [6.07, 6.45) is -4.08. The zero-order valence-corrected chi connectivity index (χ0v) is 13.1. The van der Waals surface area contributed by atoms with Crippen LogP contribution in [-0.4, -0.2) is 25.0 Å². The van der Waals surface area contributed by atoms with Crippen molar-refractivity contribution in [3.05, 3.63) is 35.4 Å². The van der Waals surface area contributed by atoms with Crippen molar-refractivity contribution < 1.29 is 18.0 Å². The first kappa shape index (κ1) is 18.5. The van der Waals surface area contributed by atoms with Crippen LogP contribution in [0.15, 0.2) is 24.3 Å². The van der Waals surface area contributed by atoms with Crippen LogP contribution in [0.25, 0.3) is 0 Å². The van der Waals surface area contributed by atoms with E-state index in [1.54, 1.807) is 13.0 Å². The van der Waals surface area contributed by atoms with E-state index in [9.17, 15) is 18.0 Å². The number of likely N-dealkylation sites (N-methyl/N-ethyl adjacent to an activating group) is 1. The Kier molecular flexibility index (Phi) is 6.87. The number of carbonyl (C=O) groups excluding carboxylic acids is 1. The highest BCUT2D eigenvalue weighted by Gasteiger charge is 2.30. The van der Waals surface area contributed by atoms with Gasteiger partial charge in [-0.15, -0.1) is 0 Å². The van der Waals surface area contributed by atoms with E-state index in [0.29, 0.717) is 12.1 Å². The maximum atomic E-state index is 12.7. The second-order valence-electron chi connectivity index (χ2n) is 5.51. The summed E-state index contributed by atoms with van der Waals surface area (Å²) in [5.74, 6) is -0.528. The highest BCUT2D eigenvalue weighted by atomic mass is 19.4. The summed E-state index contributed by atoms with van der Waals surface area (Å²) in [5.41, 5.74) is -0.171. The Morgan fingerprint density at radius 3 is 2.55 bits per heavy atom. The van der Waals surface area contributed by atoms with Crippen molar-refractivity contribution in [2.75, 3.05) is 13.1 Å². The normalized spacial score (nSPS) is 14.5. The highest BCUT2D eigenvalue weighted by Crippen LogP contribution is 2.29. The standard InChI is InChI=1S/C16H23F3N2O/c1-4-20-12(3)10-21-15(22)11(2)8-13-6-5-7-14(9-13)16(17,18)19/h5-7,9,11-12,20H,4,8,10H2,1-3H3,(H,21,22)/t11?,12-/m1/s1. The minimum absolute atomic E-state index is 0.151. The molecule has 0 heterocycles. The average Bonchev–Trinajstić information content (AvgIpc) is 2.44. The number of halogens is 3. The number of hydrogen-bond donors (Lipinski definition) is 2. The lowest BCUT2D eigenvalue weighted by atomic mass is 9.98. The molecule has 0 saturated heterocycles. The Morgan fingerprint density at radius 1 is 1.27 bits per heavy atom. The largest absolute Gasteiger partial charge is 0.416 e. The lowest BCUT2D eigenvalue weighted by molar-refractivity contribution is -0.137. The molecule has 0 bridgehead atoms. The van der Waals surface area contributed by atoms with E-state index in [1.807, 2.05) is 13.8 Å². The maximum absolute atomic E-state index is 12.7. The van der Waals surface area contributed by atoms with Crippen molar-refractivity contribution >= 4 is 5.91 Å². The summed E-state index contributed by atoms with van der Waals surface area (Å²) < 4.78 is 38.0. The van der Waals surface area contributed by atoms with Crippen LogP contribution < -0.4 is 10.6 Å². The Bertz CT molecular complexity index is 489. The lowest BCUT2D eigenvalue weighted by Crippen LogP contribution is -2.41. The summed E-state index contributed by atoms with van der Waals surface area (Å²) in [5, 5.41) is 5.98. The van der Waals surface area contributed by atoms with Crippen LogP contribution in [0.5, 0.6) is 0 Å². The fraction of sp³-hybridized carbons (Fsp3) is 0.562. The Balaban J connectivity index is 2.57. The summed E-state index contributed by atoms with van der Waals surface area (Å²) in [7, 11) is 0. The van der Waals surface area contributed by atoms with Crippen molar-refractivity contribution in [2.24, 2.45) is 5.92 Å². The molecular formula is C16H23F3N2O. The van der Waals surface area contributed by atoms with E-state index in [1.165, 1.54) is 6.07 Å². The lowest BCUT2D eigenvalue weighted by Gasteiger charge is -2.17. The van der Waals surface area contributed by atoms with Crippen LogP contribution >= 0.6 is 0 Å². The first-order valence-corrected chi connectivity index (χ1v) is 7.41. The smallest absolute Gasteiger partial charge is 0.354 e. The minimum atomic E-state index is -4.36. The monoisotopic (exact) mass is 316 g/mol. The van der Waals surface area contributed by atoms with Gasteiger partial charge in [0.15, 0.2) is 0 Å². The van der Waals surface area contributed by atoms with Crippen molar-refractivity contribution in [1.82, 2.24) is 10.6 Å². The average molecular weight is 316 g/mol. The van der Waals surface area contributed by atoms with Gasteiger partial charge in [0.05, 0.1) is 5.56 Å². The van der Waals surface area contributed by atoms with Crippen molar-refractivity contribution in [3.63, 3.8) is 0 Å². The van der Waals surface area contributed by atoms with Gasteiger partial charge in [0.25, 0.3) is 0 Å². The molecule has 0 aliphatic rings. The predicted molar refractivity (Wildman–Crippen MR) is 80.5 cm³/mol. The summed E-state index contributed by atoms with van der Waals surface area (Å²) in [6, 6.07) is 5.28. The zero-order valence-electron chi connectivity index (χ0n) is 13.1. The number of benzene rings is 1. The van der Waals surface area contributed by atoms with Crippen molar-refractivity contribution in [3.8, 4) is 0 Å². The molecule has 1 aromatic carbocycles. The van der Waals surface area contributed by atoms with E-state index in [2.05, 4.69) is 10.6 Å². The predicted octanol–water partition coefficient (Wildman–Crippen LogP) is 3.00. The van der Waals surface area contributed by atoms with Crippen molar-refractivity contribution in [2.45, 2.75) is 39.4 Å². The first-order valence-electron chi connectivity index (χ1n) is 7.41. The fourth-order valence-corrected chi connectivity index (χ4v) is 2.17. The van der Waals surface area contributed by atoms with Crippen LogP contribution in [0, 0.1) is 5.92 Å². The van der Waals surface area contributed by atoms with Crippen LogP contribution in [0.3, 0.4) is 0 Å². The molecule has 1 rings (SSSR count). The molecule has 124 valence electrons. The summed E-state index contributed by atoms with van der Waals surface area (Å²) >= 11 is 0. The Morgan fingerprint density at radius 2 is 1.95 bits per heavy atom. The van der Waals surface area contributed by atoms with Gasteiger partial charge in [-0.25, -0.2) is 0 Å². The molecule has 0 spiro atoms. The van der Waals surface area contributed by atoms with Crippen LogP contribution in [-0.2, 0) is 17.4 Å². The summed E-state index contributed by atoms with van der Waals surface area (Å²) in [4.78, 5) is 12.0. The van der Waals surface area contributed by atoms with E-state index < -0.39 is 11.7 Å². The van der Waals surface area contributed by atoms with Gasteiger partial charge in [-0.1, -0.05) is 32.0 Å². The van der Waals surface area contributed by atoms with E-state index in [-0.39, 0.29) is 24.3 Å². The topological polar surface area (TPSA) is 41.1 Å². The highest BCUT2D eigenvalue weighted by molar-refractivity contribution is 5.78. The number of amides is 1. The quantitative estimate of drug-likeness (QED) is 0.812. The van der Waals surface area contributed by atoms with Gasteiger partial charge >= 0.3 is 6.18 Å².